The van der Waals surface area contributed by atoms with Crippen molar-refractivity contribution >= 4 is 17.9 Å². The van der Waals surface area contributed by atoms with Gasteiger partial charge in [0.05, 0.1) is 0 Å². The Morgan fingerprint density at radius 3 is 0.821 bits per heavy atom. The molecule has 0 heterocycles. The smallest absolute Gasteiger partial charge is 0.306 e. The van der Waals surface area contributed by atoms with E-state index >= 15 is 0 Å². The molecule has 0 fully saturated rings. The first-order valence-corrected chi connectivity index (χ1v) is 29.8. The van der Waals surface area contributed by atoms with E-state index in [0.717, 1.165) is 64.2 Å². The molecule has 0 N–H and O–H groups in total. The summed E-state index contributed by atoms with van der Waals surface area (Å²) in [6.07, 6.45) is 66.9. The maximum absolute atomic E-state index is 12.6. The number of esters is 3. The van der Waals surface area contributed by atoms with E-state index in [-0.39, 0.29) is 31.1 Å². The van der Waals surface area contributed by atoms with Crippen molar-refractivity contribution < 1.29 is 28.6 Å². The van der Waals surface area contributed by atoms with Gasteiger partial charge in [0, 0.05) is 19.3 Å². The van der Waals surface area contributed by atoms with Crippen molar-refractivity contribution in [3.63, 3.8) is 0 Å². The van der Waals surface area contributed by atoms with Gasteiger partial charge in [0.25, 0.3) is 0 Å². The summed E-state index contributed by atoms with van der Waals surface area (Å²) in [6, 6.07) is 0. The van der Waals surface area contributed by atoms with Gasteiger partial charge in [-0.15, -0.1) is 0 Å². The van der Waals surface area contributed by atoms with E-state index in [9.17, 15) is 14.4 Å². The summed E-state index contributed by atoms with van der Waals surface area (Å²) in [7, 11) is 0. The summed E-state index contributed by atoms with van der Waals surface area (Å²) in [5.74, 6) is -0.865. The van der Waals surface area contributed by atoms with E-state index in [0.29, 0.717) is 19.3 Å². The van der Waals surface area contributed by atoms with Gasteiger partial charge in [0.2, 0.25) is 0 Å². The molecule has 0 bridgehead atoms. The fraction of sp³-hybridized carbons (Fsp3) is 0.885. The predicted octanol–water partition coefficient (Wildman–Crippen LogP) is 19.9. The molecule has 0 aromatic heterocycles. The molecule has 6 heteroatoms. The number of hydrogen-bond acceptors (Lipinski definition) is 6. The highest BCUT2D eigenvalue weighted by molar-refractivity contribution is 5.71. The maximum atomic E-state index is 12.6. The highest BCUT2D eigenvalue weighted by atomic mass is 16.6. The predicted molar refractivity (Wildman–Crippen MR) is 289 cm³/mol. The Bertz CT molecular complexity index is 1080. The topological polar surface area (TPSA) is 78.9 Å². The Morgan fingerprint density at radius 2 is 0.537 bits per heavy atom. The van der Waals surface area contributed by atoms with E-state index < -0.39 is 6.10 Å². The summed E-state index contributed by atoms with van der Waals surface area (Å²) in [5.41, 5.74) is 0. The van der Waals surface area contributed by atoms with Gasteiger partial charge in [-0.05, 0) is 51.4 Å². The van der Waals surface area contributed by atoms with E-state index in [1.807, 2.05) is 0 Å². The van der Waals surface area contributed by atoms with Crippen LogP contribution < -0.4 is 0 Å². The molecule has 0 spiro atoms. The fourth-order valence-corrected chi connectivity index (χ4v) is 8.95. The lowest BCUT2D eigenvalue weighted by Gasteiger charge is -2.18. The standard InChI is InChI=1S/C61H114O6/c1-4-7-10-13-16-18-19-20-21-22-23-24-25-26-27-28-29-30-31-32-33-34-35-36-37-38-39-40-41-42-43-44-46-48-51-54-60(63)66-57-58(56-65-59(62)53-50-47-15-12-9-6-3)67-61(64)55-52-49-45-17-14-11-8-5-2/h19-20,22-23,58H,4-18,21,24-57H2,1-3H3/b20-19-,23-22-. The molecule has 0 saturated carbocycles. The molecule has 0 radical (unpaired) electrons. The molecule has 0 aliphatic carbocycles. The fourth-order valence-electron chi connectivity index (χ4n) is 8.95. The molecule has 0 rings (SSSR count). The van der Waals surface area contributed by atoms with Crippen LogP contribution in [0, 0.1) is 0 Å². The number of hydrogen-bond donors (Lipinski definition) is 0. The SMILES string of the molecule is CCCCCCC/C=C\C/C=C\CCCCCCCCCCCCCCCCCCCCCCCCCC(=O)OCC(COC(=O)CCCCCCCC)OC(=O)CCCCCCCCCC. The van der Waals surface area contributed by atoms with Crippen LogP contribution in [0.5, 0.6) is 0 Å². The summed E-state index contributed by atoms with van der Waals surface area (Å²) in [4.78, 5) is 37.6. The molecule has 67 heavy (non-hydrogen) atoms. The van der Waals surface area contributed by atoms with Crippen LogP contribution >= 0.6 is 0 Å². The Labute approximate surface area is 417 Å². The van der Waals surface area contributed by atoms with Crippen LogP contribution in [0.2, 0.25) is 0 Å². The zero-order valence-corrected chi connectivity index (χ0v) is 45.2. The first-order valence-electron chi connectivity index (χ1n) is 29.8. The summed E-state index contributed by atoms with van der Waals surface area (Å²) in [5, 5.41) is 0. The van der Waals surface area contributed by atoms with E-state index in [1.165, 1.54) is 225 Å². The summed E-state index contributed by atoms with van der Waals surface area (Å²) in [6.45, 7) is 6.57. The lowest BCUT2D eigenvalue weighted by atomic mass is 10.0. The van der Waals surface area contributed by atoms with Crippen LogP contribution in [0.25, 0.3) is 0 Å². The molecule has 1 atom stereocenters. The molecule has 0 aliphatic rings. The quantitative estimate of drug-likeness (QED) is 0.0262. The molecule has 0 aliphatic heterocycles. The third-order valence-corrected chi connectivity index (χ3v) is 13.5. The van der Waals surface area contributed by atoms with Crippen LogP contribution in [0.4, 0.5) is 0 Å². The van der Waals surface area contributed by atoms with Crippen LogP contribution in [0.3, 0.4) is 0 Å². The van der Waals surface area contributed by atoms with Crippen molar-refractivity contribution in [1.82, 2.24) is 0 Å². The van der Waals surface area contributed by atoms with E-state index in [2.05, 4.69) is 45.1 Å². The highest BCUT2D eigenvalue weighted by Gasteiger charge is 2.19. The van der Waals surface area contributed by atoms with E-state index in [1.54, 1.807) is 0 Å². The minimum Gasteiger partial charge on any atom is -0.462 e. The van der Waals surface area contributed by atoms with E-state index in [4.69, 9.17) is 14.2 Å². The van der Waals surface area contributed by atoms with Gasteiger partial charge in [0.15, 0.2) is 6.10 Å². The average Bonchev–Trinajstić information content (AvgIpc) is 3.33. The molecule has 0 aromatic carbocycles. The minimum absolute atomic E-state index is 0.0656. The maximum Gasteiger partial charge on any atom is 0.306 e. The Kier molecular flexibility index (Phi) is 54.7. The number of allylic oxidation sites excluding steroid dienone is 4. The summed E-state index contributed by atoms with van der Waals surface area (Å²) >= 11 is 0. The normalized spacial score (nSPS) is 12.1. The van der Waals surface area contributed by atoms with Gasteiger partial charge < -0.3 is 14.2 Å². The number of ether oxygens (including phenoxy) is 3. The molecule has 0 amide bonds. The molecular formula is C61H114O6. The largest absolute Gasteiger partial charge is 0.462 e. The molecule has 0 aromatic rings. The number of rotatable bonds is 55. The first kappa shape index (κ1) is 64.9. The second-order valence-corrected chi connectivity index (χ2v) is 20.3. The van der Waals surface area contributed by atoms with Gasteiger partial charge in [-0.1, -0.05) is 283 Å². The van der Waals surface area contributed by atoms with Crippen molar-refractivity contribution in [3.05, 3.63) is 24.3 Å². The average molecular weight is 944 g/mol. The van der Waals surface area contributed by atoms with Crippen molar-refractivity contribution in [3.8, 4) is 0 Å². The summed E-state index contributed by atoms with van der Waals surface area (Å²) < 4.78 is 16.7. The minimum atomic E-state index is -0.759. The second kappa shape index (κ2) is 56.5. The van der Waals surface area contributed by atoms with Gasteiger partial charge in [0.1, 0.15) is 13.2 Å². The number of carbonyl (C=O) groups excluding carboxylic acids is 3. The van der Waals surface area contributed by atoms with Crippen molar-refractivity contribution in [1.29, 1.82) is 0 Å². The van der Waals surface area contributed by atoms with Crippen molar-refractivity contribution in [2.45, 2.75) is 335 Å². The third-order valence-electron chi connectivity index (χ3n) is 13.5. The zero-order valence-electron chi connectivity index (χ0n) is 45.2. The lowest BCUT2D eigenvalue weighted by molar-refractivity contribution is -0.167. The second-order valence-electron chi connectivity index (χ2n) is 20.3. The Morgan fingerprint density at radius 1 is 0.299 bits per heavy atom. The molecule has 6 nitrogen and oxygen atoms in total. The van der Waals surface area contributed by atoms with Crippen LogP contribution in [0.1, 0.15) is 329 Å². The van der Waals surface area contributed by atoms with Gasteiger partial charge in [-0.2, -0.15) is 0 Å². The zero-order chi connectivity index (χ0) is 48.6. The number of carbonyl (C=O) groups is 3. The van der Waals surface area contributed by atoms with Crippen LogP contribution in [0.15, 0.2) is 24.3 Å². The number of unbranched alkanes of at least 4 members (excludes halogenated alkanes) is 40. The molecular weight excluding hydrogens is 829 g/mol. The van der Waals surface area contributed by atoms with Crippen molar-refractivity contribution in [2.75, 3.05) is 13.2 Å². The van der Waals surface area contributed by atoms with Gasteiger partial charge in [-0.25, -0.2) is 0 Å². The highest BCUT2D eigenvalue weighted by Crippen LogP contribution is 2.17. The third kappa shape index (κ3) is 54.7. The van der Waals surface area contributed by atoms with Gasteiger partial charge >= 0.3 is 17.9 Å². The van der Waals surface area contributed by atoms with Gasteiger partial charge in [-0.3, -0.25) is 14.4 Å². The molecule has 394 valence electrons. The molecule has 1 unspecified atom stereocenters. The monoisotopic (exact) mass is 943 g/mol. The van der Waals surface area contributed by atoms with Crippen LogP contribution in [-0.2, 0) is 28.6 Å². The van der Waals surface area contributed by atoms with Crippen molar-refractivity contribution in [2.24, 2.45) is 0 Å². The lowest BCUT2D eigenvalue weighted by Crippen LogP contribution is -2.30. The molecule has 0 saturated heterocycles. The first-order chi connectivity index (χ1) is 33.0. The Hall–Kier alpha value is -2.11. The van der Waals surface area contributed by atoms with Crippen LogP contribution in [-0.4, -0.2) is 37.2 Å². The Balaban J connectivity index is 3.76.